The van der Waals surface area contributed by atoms with Crippen molar-refractivity contribution in [3.05, 3.63) is 36.0 Å². The summed E-state index contributed by atoms with van der Waals surface area (Å²) in [5.41, 5.74) is 0.778. The number of piperidine rings is 1. The molecule has 0 saturated carbocycles. The van der Waals surface area contributed by atoms with Crippen molar-refractivity contribution in [3.63, 3.8) is 0 Å². The van der Waals surface area contributed by atoms with E-state index in [4.69, 9.17) is 4.52 Å². The summed E-state index contributed by atoms with van der Waals surface area (Å²) >= 11 is 0. The summed E-state index contributed by atoms with van der Waals surface area (Å²) in [6.07, 6.45) is 2.23. The van der Waals surface area contributed by atoms with E-state index in [-0.39, 0.29) is 5.82 Å². The highest BCUT2D eigenvalue weighted by Gasteiger charge is 2.24. The second-order valence-electron chi connectivity index (χ2n) is 5.06. The van der Waals surface area contributed by atoms with Crippen molar-refractivity contribution in [1.29, 1.82) is 0 Å². The fraction of sp³-hybridized carbons (Fsp3) is 0.429. The summed E-state index contributed by atoms with van der Waals surface area (Å²) in [5.74, 6) is 1.26. The van der Waals surface area contributed by atoms with Gasteiger partial charge >= 0.3 is 0 Å². The maximum Gasteiger partial charge on any atom is 0.231 e. The SMILES string of the molecule is CN1CCC[C@H](c2nc(-c3ccc(F)cc3)no2)C1. The molecule has 5 heteroatoms. The van der Waals surface area contributed by atoms with E-state index in [1.165, 1.54) is 12.1 Å². The molecule has 1 aliphatic heterocycles. The fourth-order valence-electron chi connectivity index (χ4n) is 2.49. The number of likely N-dealkylation sites (N-methyl/N-ethyl adjacent to an activating group) is 1. The van der Waals surface area contributed by atoms with Crippen molar-refractivity contribution in [2.45, 2.75) is 18.8 Å². The quantitative estimate of drug-likeness (QED) is 0.833. The standard InChI is InChI=1S/C14H16FN3O/c1-18-8-2-3-11(9-18)14-16-13(17-19-14)10-4-6-12(15)7-5-10/h4-7,11H,2-3,8-9H2,1H3/t11-/m0/s1. The monoisotopic (exact) mass is 261 g/mol. The number of hydrogen-bond acceptors (Lipinski definition) is 4. The van der Waals surface area contributed by atoms with Crippen molar-refractivity contribution in [2.75, 3.05) is 20.1 Å². The lowest BCUT2D eigenvalue weighted by molar-refractivity contribution is 0.220. The molecule has 0 bridgehead atoms. The van der Waals surface area contributed by atoms with Crippen molar-refractivity contribution in [2.24, 2.45) is 0 Å². The van der Waals surface area contributed by atoms with Gasteiger partial charge in [0.15, 0.2) is 0 Å². The van der Waals surface area contributed by atoms with E-state index in [1.54, 1.807) is 12.1 Å². The predicted octanol–water partition coefficient (Wildman–Crippen LogP) is 2.68. The number of rotatable bonds is 2. The molecule has 2 heterocycles. The van der Waals surface area contributed by atoms with Gasteiger partial charge < -0.3 is 9.42 Å². The van der Waals surface area contributed by atoms with Crippen molar-refractivity contribution < 1.29 is 8.91 Å². The van der Waals surface area contributed by atoms with E-state index in [2.05, 4.69) is 22.1 Å². The van der Waals surface area contributed by atoms with Gasteiger partial charge in [0.2, 0.25) is 11.7 Å². The first-order chi connectivity index (χ1) is 9.22. The third-order valence-corrected chi connectivity index (χ3v) is 3.52. The molecule has 4 nitrogen and oxygen atoms in total. The van der Waals surface area contributed by atoms with Gasteiger partial charge in [-0.3, -0.25) is 0 Å². The van der Waals surface area contributed by atoms with Gasteiger partial charge in [0, 0.05) is 12.1 Å². The number of likely N-dealkylation sites (tertiary alicyclic amines) is 1. The smallest absolute Gasteiger partial charge is 0.231 e. The van der Waals surface area contributed by atoms with Gasteiger partial charge in [-0.2, -0.15) is 4.98 Å². The topological polar surface area (TPSA) is 42.2 Å². The summed E-state index contributed by atoms with van der Waals surface area (Å²) in [6, 6.07) is 6.13. The second-order valence-corrected chi connectivity index (χ2v) is 5.06. The summed E-state index contributed by atoms with van der Waals surface area (Å²) in [4.78, 5) is 6.72. The van der Waals surface area contributed by atoms with Crippen LogP contribution in [0.1, 0.15) is 24.7 Å². The molecule has 1 aliphatic rings. The first-order valence-corrected chi connectivity index (χ1v) is 6.50. The summed E-state index contributed by atoms with van der Waals surface area (Å²) in [7, 11) is 2.10. The molecule has 0 unspecified atom stereocenters. The highest BCUT2D eigenvalue weighted by molar-refractivity contribution is 5.53. The van der Waals surface area contributed by atoms with E-state index in [9.17, 15) is 4.39 Å². The summed E-state index contributed by atoms with van der Waals surface area (Å²) in [5, 5.41) is 3.99. The van der Waals surface area contributed by atoms with Gasteiger partial charge in [0.05, 0.1) is 5.92 Å². The third-order valence-electron chi connectivity index (χ3n) is 3.52. The molecule has 1 saturated heterocycles. The minimum Gasteiger partial charge on any atom is -0.339 e. The number of hydrogen-bond donors (Lipinski definition) is 0. The first kappa shape index (κ1) is 12.3. The molecule has 3 rings (SSSR count). The molecule has 0 N–H and O–H groups in total. The Bertz CT molecular complexity index is 552. The fourth-order valence-corrected chi connectivity index (χ4v) is 2.49. The number of benzene rings is 1. The Morgan fingerprint density at radius 3 is 2.84 bits per heavy atom. The molecule has 1 atom stereocenters. The van der Waals surface area contributed by atoms with Gasteiger partial charge in [-0.05, 0) is 50.7 Å². The molecular weight excluding hydrogens is 245 g/mol. The highest BCUT2D eigenvalue weighted by atomic mass is 19.1. The molecular formula is C14H16FN3O. The van der Waals surface area contributed by atoms with E-state index in [0.717, 1.165) is 31.5 Å². The Balaban J connectivity index is 1.81. The lowest BCUT2D eigenvalue weighted by Crippen LogP contribution is -2.30. The van der Waals surface area contributed by atoms with E-state index < -0.39 is 0 Å². The Morgan fingerprint density at radius 2 is 2.11 bits per heavy atom. The van der Waals surface area contributed by atoms with E-state index >= 15 is 0 Å². The molecule has 0 aliphatic carbocycles. The van der Waals surface area contributed by atoms with Gasteiger partial charge in [0.1, 0.15) is 5.82 Å². The molecule has 1 aromatic heterocycles. The summed E-state index contributed by atoms with van der Waals surface area (Å²) < 4.78 is 18.2. The molecule has 0 radical (unpaired) electrons. The van der Waals surface area contributed by atoms with Crippen LogP contribution in [0.5, 0.6) is 0 Å². The van der Waals surface area contributed by atoms with Crippen molar-refractivity contribution in [1.82, 2.24) is 15.0 Å². The number of halogens is 1. The lowest BCUT2D eigenvalue weighted by atomic mass is 9.98. The largest absolute Gasteiger partial charge is 0.339 e. The molecule has 100 valence electrons. The third kappa shape index (κ3) is 2.66. The van der Waals surface area contributed by atoms with Gasteiger partial charge in [-0.15, -0.1) is 0 Å². The number of aromatic nitrogens is 2. The Morgan fingerprint density at radius 1 is 1.32 bits per heavy atom. The maximum absolute atomic E-state index is 12.9. The lowest BCUT2D eigenvalue weighted by Gasteiger charge is -2.27. The molecule has 19 heavy (non-hydrogen) atoms. The van der Waals surface area contributed by atoms with Crippen LogP contribution in [-0.2, 0) is 0 Å². The van der Waals surface area contributed by atoms with Gasteiger partial charge in [0.25, 0.3) is 0 Å². The van der Waals surface area contributed by atoms with Crippen LogP contribution in [0, 0.1) is 5.82 Å². The Hall–Kier alpha value is -1.75. The van der Waals surface area contributed by atoms with Gasteiger partial charge in [-0.25, -0.2) is 4.39 Å². The molecule has 0 amide bonds. The van der Waals surface area contributed by atoms with Crippen LogP contribution >= 0.6 is 0 Å². The van der Waals surface area contributed by atoms with Crippen molar-refractivity contribution in [3.8, 4) is 11.4 Å². The van der Waals surface area contributed by atoms with E-state index in [0.29, 0.717) is 17.6 Å². The van der Waals surface area contributed by atoms with Crippen LogP contribution in [0.2, 0.25) is 0 Å². The zero-order chi connectivity index (χ0) is 13.2. The maximum atomic E-state index is 12.9. The normalized spacial score (nSPS) is 20.6. The Kier molecular flexibility index (Phi) is 3.29. The van der Waals surface area contributed by atoms with Crippen LogP contribution in [0.15, 0.2) is 28.8 Å². The van der Waals surface area contributed by atoms with Crippen LogP contribution in [0.3, 0.4) is 0 Å². The van der Waals surface area contributed by atoms with Crippen LogP contribution in [0.4, 0.5) is 4.39 Å². The zero-order valence-electron chi connectivity index (χ0n) is 10.8. The molecule has 0 spiro atoms. The summed E-state index contributed by atoms with van der Waals surface area (Å²) in [6.45, 7) is 2.07. The minimum absolute atomic E-state index is 0.263. The predicted molar refractivity (Wildman–Crippen MR) is 69.2 cm³/mol. The van der Waals surface area contributed by atoms with E-state index in [1.807, 2.05) is 0 Å². The minimum atomic E-state index is -0.263. The average Bonchev–Trinajstić information content (AvgIpc) is 2.89. The number of nitrogens with zero attached hydrogens (tertiary/aromatic N) is 3. The van der Waals surface area contributed by atoms with Gasteiger partial charge in [-0.1, -0.05) is 5.16 Å². The highest BCUT2D eigenvalue weighted by Crippen LogP contribution is 2.26. The molecule has 1 fully saturated rings. The zero-order valence-corrected chi connectivity index (χ0v) is 10.8. The average molecular weight is 261 g/mol. The van der Waals surface area contributed by atoms with Crippen LogP contribution in [-0.4, -0.2) is 35.2 Å². The van der Waals surface area contributed by atoms with Crippen LogP contribution < -0.4 is 0 Å². The van der Waals surface area contributed by atoms with Crippen molar-refractivity contribution >= 4 is 0 Å². The molecule has 2 aromatic rings. The first-order valence-electron chi connectivity index (χ1n) is 6.50. The molecule has 1 aromatic carbocycles. The Labute approximate surface area is 111 Å². The second kappa shape index (κ2) is 5.09. The van der Waals surface area contributed by atoms with Crippen LogP contribution in [0.25, 0.3) is 11.4 Å².